The van der Waals surface area contributed by atoms with Gasteiger partial charge in [-0.1, -0.05) is 50.6 Å². The van der Waals surface area contributed by atoms with E-state index in [1.165, 1.54) is 0 Å². The fourth-order valence-corrected chi connectivity index (χ4v) is 5.87. The highest BCUT2D eigenvalue weighted by Crippen LogP contribution is 2.34. The number of hydrogen-bond acceptors (Lipinski definition) is 4. The van der Waals surface area contributed by atoms with Crippen LogP contribution in [0.15, 0.2) is 48.5 Å². The lowest BCUT2D eigenvalue weighted by Crippen LogP contribution is -2.59. The smallest absolute Gasteiger partial charge is 0.290 e. The van der Waals surface area contributed by atoms with Gasteiger partial charge < -0.3 is 25.1 Å². The molecule has 0 radical (unpaired) electrons. The van der Waals surface area contributed by atoms with Crippen molar-refractivity contribution in [1.29, 1.82) is 0 Å². The molecule has 1 unspecified atom stereocenters. The summed E-state index contributed by atoms with van der Waals surface area (Å²) in [6.45, 7) is 6.68. The maximum Gasteiger partial charge on any atom is 0.290 e. The molecule has 2 aliphatic heterocycles. The molecule has 2 aromatic heterocycles. The van der Waals surface area contributed by atoms with Crippen LogP contribution in [0.1, 0.15) is 48.3 Å². The number of hydrogen-bond donors (Lipinski definition) is 3. The second-order valence-corrected chi connectivity index (χ2v) is 11.7. The number of nitrogens with one attached hydrogen (secondary N) is 3. The summed E-state index contributed by atoms with van der Waals surface area (Å²) in [7, 11) is 0. The molecule has 2 fully saturated rings. The minimum atomic E-state index is -0.740. The number of piperazine rings is 1. The van der Waals surface area contributed by atoms with Gasteiger partial charge in [0.25, 0.3) is 11.8 Å². The molecule has 2 bridgehead atoms. The standard InChI is InChI=1S/C28H29ClN6O3/c1-28(2,3)23(33-25(36)22-12-17-18(29)7-6-10-19(17)30-22)26(37)34-13-16-11-15(34)14-35(16)27(38)24-31-20-8-4-5-9-21(20)32-24/h4-10,12,15-16,23,30H,11,13-14H2,1-3H3,(H,31,32)(H,33,36)/t15?,16-,23+/m0/s1. The first-order chi connectivity index (χ1) is 18.1. The van der Waals surface area contributed by atoms with E-state index in [9.17, 15) is 14.4 Å². The molecule has 10 heteroatoms. The number of aromatic amines is 2. The lowest BCUT2D eigenvalue weighted by Gasteiger charge is -2.39. The van der Waals surface area contributed by atoms with Crippen molar-refractivity contribution < 1.29 is 14.4 Å². The van der Waals surface area contributed by atoms with Crippen molar-refractivity contribution in [3.8, 4) is 0 Å². The van der Waals surface area contributed by atoms with E-state index in [1.807, 2.05) is 67.0 Å². The van der Waals surface area contributed by atoms with Crippen LogP contribution in [0, 0.1) is 5.41 Å². The summed E-state index contributed by atoms with van der Waals surface area (Å²) in [5.41, 5.74) is 2.14. The largest absolute Gasteiger partial charge is 0.350 e. The quantitative estimate of drug-likeness (QED) is 0.369. The van der Waals surface area contributed by atoms with E-state index in [1.54, 1.807) is 12.1 Å². The Labute approximate surface area is 224 Å². The predicted molar refractivity (Wildman–Crippen MR) is 145 cm³/mol. The first kappa shape index (κ1) is 24.5. The third-order valence-corrected chi connectivity index (χ3v) is 7.95. The van der Waals surface area contributed by atoms with Gasteiger partial charge >= 0.3 is 0 Å². The molecular formula is C28H29ClN6O3. The van der Waals surface area contributed by atoms with E-state index in [-0.39, 0.29) is 29.8 Å². The number of benzene rings is 2. The normalized spacial score (nSPS) is 19.9. The molecule has 38 heavy (non-hydrogen) atoms. The number of imidazole rings is 1. The number of carbonyl (C=O) groups excluding carboxylic acids is 3. The monoisotopic (exact) mass is 532 g/mol. The Morgan fingerprint density at radius 3 is 2.39 bits per heavy atom. The number of aromatic nitrogens is 3. The number of carbonyl (C=O) groups is 3. The Kier molecular flexibility index (Phi) is 5.72. The average molecular weight is 533 g/mol. The van der Waals surface area contributed by atoms with Crippen molar-refractivity contribution in [3.63, 3.8) is 0 Å². The lowest BCUT2D eigenvalue weighted by molar-refractivity contribution is -0.138. The Balaban J connectivity index is 1.17. The number of fused-ring (bicyclic) bond motifs is 4. The number of halogens is 1. The van der Waals surface area contributed by atoms with Gasteiger partial charge in [-0.15, -0.1) is 0 Å². The molecule has 0 aliphatic carbocycles. The average Bonchev–Trinajstić information content (AvgIpc) is 3.67. The fourth-order valence-electron chi connectivity index (χ4n) is 5.64. The highest BCUT2D eigenvalue weighted by molar-refractivity contribution is 6.35. The molecule has 196 valence electrons. The summed E-state index contributed by atoms with van der Waals surface area (Å²) >= 11 is 6.27. The second-order valence-electron chi connectivity index (χ2n) is 11.3. The molecule has 2 aliphatic rings. The van der Waals surface area contributed by atoms with E-state index in [2.05, 4.69) is 20.3 Å². The van der Waals surface area contributed by atoms with Gasteiger partial charge in [0, 0.05) is 29.0 Å². The first-order valence-corrected chi connectivity index (χ1v) is 13.1. The van der Waals surface area contributed by atoms with Crippen molar-refractivity contribution in [3.05, 3.63) is 65.1 Å². The number of amides is 3. The van der Waals surface area contributed by atoms with E-state index in [4.69, 9.17) is 11.6 Å². The van der Waals surface area contributed by atoms with Gasteiger partial charge in [0.15, 0.2) is 5.82 Å². The minimum Gasteiger partial charge on any atom is -0.350 e. The Morgan fingerprint density at radius 2 is 1.71 bits per heavy atom. The molecule has 2 saturated heterocycles. The van der Waals surface area contributed by atoms with Crippen LogP contribution in [0.5, 0.6) is 0 Å². The van der Waals surface area contributed by atoms with Gasteiger partial charge in [0.05, 0.1) is 23.1 Å². The summed E-state index contributed by atoms with van der Waals surface area (Å²) in [6.07, 6.45) is 0.711. The van der Waals surface area contributed by atoms with Crippen LogP contribution in [0.2, 0.25) is 5.02 Å². The summed E-state index contributed by atoms with van der Waals surface area (Å²) in [5, 5.41) is 4.27. The molecule has 2 aromatic carbocycles. The molecule has 6 rings (SSSR count). The molecule has 4 aromatic rings. The van der Waals surface area contributed by atoms with Crippen LogP contribution in [0.25, 0.3) is 21.9 Å². The highest BCUT2D eigenvalue weighted by atomic mass is 35.5. The van der Waals surface area contributed by atoms with Crippen LogP contribution in [-0.4, -0.2) is 73.7 Å². The zero-order valence-electron chi connectivity index (χ0n) is 21.4. The minimum absolute atomic E-state index is 0.0863. The Bertz CT molecular complexity index is 1550. The molecule has 3 N–H and O–H groups in total. The van der Waals surface area contributed by atoms with Gasteiger partial charge in [0.1, 0.15) is 11.7 Å². The molecule has 0 saturated carbocycles. The zero-order chi connectivity index (χ0) is 26.8. The van der Waals surface area contributed by atoms with Crippen molar-refractivity contribution >= 4 is 51.3 Å². The van der Waals surface area contributed by atoms with Crippen LogP contribution in [0.4, 0.5) is 0 Å². The Hall–Kier alpha value is -3.85. The first-order valence-electron chi connectivity index (χ1n) is 12.7. The van der Waals surface area contributed by atoms with Gasteiger partial charge in [0.2, 0.25) is 5.91 Å². The SMILES string of the molecule is CC(C)(C)[C@H](NC(=O)c1cc2c(Cl)cccc2[nH]1)C(=O)N1C[C@@H]2CC1CN2C(=O)c1nc2ccccc2[nH]1. The molecular weight excluding hydrogens is 504 g/mol. The summed E-state index contributed by atoms with van der Waals surface area (Å²) in [6, 6.07) is 13.7. The lowest BCUT2D eigenvalue weighted by atomic mass is 9.85. The number of nitrogens with zero attached hydrogens (tertiary/aromatic N) is 3. The number of para-hydroxylation sites is 2. The number of likely N-dealkylation sites (tertiary alicyclic amines) is 2. The van der Waals surface area contributed by atoms with E-state index >= 15 is 0 Å². The van der Waals surface area contributed by atoms with Crippen molar-refractivity contribution in [1.82, 2.24) is 30.1 Å². The molecule has 9 nitrogen and oxygen atoms in total. The van der Waals surface area contributed by atoms with Gasteiger partial charge in [-0.3, -0.25) is 14.4 Å². The second kappa shape index (κ2) is 8.87. The third-order valence-electron chi connectivity index (χ3n) is 7.62. The summed E-state index contributed by atoms with van der Waals surface area (Å²) < 4.78 is 0. The van der Waals surface area contributed by atoms with Gasteiger partial charge in [-0.25, -0.2) is 4.98 Å². The van der Waals surface area contributed by atoms with Gasteiger partial charge in [-0.2, -0.15) is 0 Å². The number of H-pyrrole nitrogens is 2. The van der Waals surface area contributed by atoms with Crippen LogP contribution in [-0.2, 0) is 4.79 Å². The third kappa shape index (κ3) is 4.11. The van der Waals surface area contributed by atoms with Crippen LogP contribution < -0.4 is 5.32 Å². The van der Waals surface area contributed by atoms with Crippen LogP contribution in [0.3, 0.4) is 0 Å². The fraction of sp³-hybridized carbons (Fsp3) is 0.357. The van der Waals surface area contributed by atoms with Crippen LogP contribution >= 0.6 is 11.6 Å². The van der Waals surface area contributed by atoms with Crippen molar-refractivity contribution in [2.75, 3.05) is 13.1 Å². The topological polar surface area (TPSA) is 114 Å². The molecule has 0 spiro atoms. The maximum atomic E-state index is 13.8. The highest BCUT2D eigenvalue weighted by Gasteiger charge is 2.50. The van der Waals surface area contributed by atoms with Crippen molar-refractivity contribution in [2.45, 2.75) is 45.3 Å². The Morgan fingerprint density at radius 1 is 1.00 bits per heavy atom. The maximum absolute atomic E-state index is 13.8. The van der Waals surface area contributed by atoms with E-state index < -0.39 is 11.5 Å². The molecule has 3 atom stereocenters. The zero-order valence-corrected chi connectivity index (χ0v) is 22.2. The van der Waals surface area contributed by atoms with E-state index in [0.717, 1.165) is 21.9 Å². The molecule has 4 heterocycles. The van der Waals surface area contributed by atoms with E-state index in [0.29, 0.717) is 36.1 Å². The number of rotatable bonds is 4. The van der Waals surface area contributed by atoms with Crippen molar-refractivity contribution in [2.24, 2.45) is 5.41 Å². The summed E-state index contributed by atoms with van der Waals surface area (Å²) in [4.78, 5) is 54.5. The van der Waals surface area contributed by atoms with Gasteiger partial charge in [-0.05, 0) is 42.2 Å². The molecule has 3 amide bonds. The summed E-state index contributed by atoms with van der Waals surface area (Å²) in [5.74, 6) is -0.339. The predicted octanol–water partition coefficient (Wildman–Crippen LogP) is 3.97.